The van der Waals surface area contributed by atoms with Gasteiger partial charge in [0.25, 0.3) is 0 Å². The van der Waals surface area contributed by atoms with Crippen LogP contribution in [0.1, 0.15) is 66.8 Å². The van der Waals surface area contributed by atoms with E-state index in [1.807, 2.05) is 13.0 Å². The van der Waals surface area contributed by atoms with Gasteiger partial charge in [0.15, 0.2) is 0 Å². The fourth-order valence-electron chi connectivity index (χ4n) is 5.62. The number of aromatic nitrogens is 3. The predicted molar refractivity (Wildman–Crippen MR) is 136 cm³/mol. The molecule has 2 saturated heterocycles. The number of anilines is 1. The van der Waals surface area contributed by atoms with Gasteiger partial charge >= 0.3 is 0 Å². The number of rotatable bonds is 7. The highest BCUT2D eigenvalue weighted by molar-refractivity contribution is 5.78. The topological polar surface area (TPSA) is 95.2 Å². The molecule has 2 atom stereocenters. The Morgan fingerprint density at radius 1 is 1.28 bits per heavy atom. The fraction of sp³-hybridized carbons (Fsp3) is 0.536. The molecule has 4 fully saturated rings. The maximum Gasteiger partial charge on any atom is 0.225 e. The number of pyridine rings is 1. The summed E-state index contributed by atoms with van der Waals surface area (Å²) in [6, 6.07) is 4.59. The van der Waals surface area contributed by atoms with Crippen LogP contribution in [0.3, 0.4) is 0 Å². The number of nitriles is 1. The molecule has 2 aliphatic carbocycles. The van der Waals surface area contributed by atoms with Gasteiger partial charge in [-0.2, -0.15) is 15.5 Å². The van der Waals surface area contributed by atoms with Gasteiger partial charge in [-0.15, -0.1) is 0 Å². The van der Waals surface area contributed by atoms with Gasteiger partial charge in [0.2, 0.25) is 5.91 Å². The fourth-order valence-corrected chi connectivity index (χ4v) is 5.62. The van der Waals surface area contributed by atoms with Crippen molar-refractivity contribution in [3.8, 4) is 17.3 Å². The minimum Gasteiger partial charge on any atom is -0.377 e. The summed E-state index contributed by atoms with van der Waals surface area (Å²) in [5.74, 6) is 1.87. The molecule has 0 spiro atoms. The van der Waals surface area contributed by atoms with E-state index in [4.69, 9.17) is 9.72 Å². The lowest BCUT2D eigenvalue weighted by Crippen LogP contribution is -2.57. The molecular formula is C28H32N6O2. The zero-order valence-corrected chi connectivity index (χ0v) is 20.8. The van der Waals surface area contributed by atoms with Gasteiger partial charge in [-0.1, -0.05) is 12.7 Å². The maximum atomic E-state index is 13.1. The van der Waals surface area contributed by atoms with Crippen LogP contribution in [-0.2, 0) is 9.53 Å². The Morgan fingerprint density at radius 3 is 2.72 bits per heavy atom. The van der Waals surface area contributed by atoms with E-state index in [1.54, 1.807) is 12.3 Å². The molecule has 8 heteroatoms. The third-order valence-electron chi connectivity index (χ3n) is 8.10. The van der Waals surface area contributed by atoms with Gasteiger partial charge in [0, 0.05) is 37.7 Å². The van der Waals surface area contributed by atoms with Crippen molar-refractivity contribution >= 4 is 17.8 Å². The van der Waals surface area contributed by atoms with Crippen LogP contribution < -0.4 is 4.90 Å². The maximum absolute atomic E-state index is 13.1. The quantitative estimate of drug-likeness (QED) is 0.589. The lowest BCUT2D eigenvalue weighted by molar-refractivity contribution is -0.142. The smallest absolute Gasteiger partial charge is 0.225 e. The summed E-state index contributed by atoms with van der Waals surface area (Å²) in [4.78, 5) is 22.6. The molecule has 0 radical (unpaired) electrons. The molecule has 4 heterocycles. The van der Waals surface area contributed by atoms with Crippen molar-refractivity contribution in [2.75, 3.05) is 31.1 Å². The lowest BCUT2D eigenvalue weighted by atomic mass is 9.95. The Bertz CT molecular complexity index is 1240. The van der Waals surface area contributed by atoms with Crippen LogP contribution in [0.2, 0.25) is 0 Å². The van der Waals surface area contributed by atoms with Crippen molar-refractivity contribution in [2.24, 2.45) is 5.92 Å². The van der Waals surface area contributed by atoms with Crippen LogP contribution >= 0.6 is 0 Å². The van der Waals surface area contributed by atoms with Gasteiger partial charge in [-0.3, -0.25) is 4.79 Å². The van der Waals surface area contributed by atoms with Crippen molar-refractivity contribution < 1.29 is 9.53 Å². The van der Waals surface area contributed by atoms with E-state index in [0.29, 0.717) is 36.9 Å². The number of carbonyl (C=O) groups excluding carboxylic acids is 1. The summed E-state index contributed by atoms with van der Waals surface area (Å²) in [5, 5.41) is 18.8. The van der Waals surface area contributed by atoms with E-state index >= 15 is 0 Å². The average molecular weight is 485 g/mol. The molecular weight excluding hydrogens is 452 g/mol. The summed E-state index contributed by atoms with van der Waals surface area (Å²) in [6.45, 7) is 8.68. The van der Waals surface area contributed by atoms with Crippen LogP contribution in [0.25, 0.3) is 17.3 Å². The van der Waals surface area contributed by atoms with E-state index in [2.05, 4.69) is 32.6 Å². The van der Waals surface area contributed by atoms with Crippen molar-refractivity contribution in [3.05, 3.63) is 41.2 Å². The number of hydrogen-bond acceptors (Lipinski definition) is 7. The number of amides is 1. The zero-order chi connectivity index (χ0) is 24.8. The monoisotopic (exact) mass is 484 g/mol. The van der Waals surface area contributed by atoms with E-state index in [9.17, 15) is 10.1 Å². The highest BCUT2D eigenvalue weighted by Crippen LogP contribution is 2.46. The lowest BCUT2D eigenvalue weighted by Gasteiger charge is -2.43. The normalized spacial score (nSPS) is 23.7. The summed E-state index contributed by atoms with van der Waals surface area (Å²) in [5.41, 5.74) is 5.08. The van der Waals surface area contributed by atoms with Crippen LogP contribution in [-0.4, -0.2) is 64.4 Å². The molecule has 0 N–H and O–H groups in total. The summed E-state index contributed by atoms with van der Waals surface area (Å²) in [6.07, 6.45) is 9.49. The van der Waals surface area contributed by atoms with Gasteiger partial charge in [-0.25, -0.2) is 4.98 Å². The van der Waals surface area contributed by atoms with Gasteiger partial charge < -0.3 is 14.5 Å². The van der Waals surface area contributed by atoms with E-state index in [1.165, 1.54) is 0 Å². The molecule has 1 amide bonds. The zero-order valence-electron chi connectivity index (χ0n) is 20.8. The number of piperazine rings is 1. The van der Waals surface area contributed by atoms with Crippen molar-refractivity contribution in [3.63, 3.8) is 0 Å². The van der Waals surface area contributed by atoms with Crippen molar-refractivity contribution in [2.45, 2.75) is 63.5 Å². The predicted octanol–water partition coefficient (Wildman–Crippen LogP) is 3.85. The second-order valence-electron chi connectivity index (χ2n) is 10.6. The molecule has 2 aliphatic heterocycles. The molecule has 2 aromatic heterocycles. The third kappa shape index (κ3) is 4.26. The molecule has 186 valence electrons. The summed E-state index contributed by atoms with van der Waals surface area (Å²) < 4.78 is 5.52. The Morgan fingerprint density at radius 2 is 2.08 bits per heavy atom. The Balaban J connectivity index is 1.34. The number of hydrogen-bond donors (Lipinski definition) is 0. The average Bonchev–Trinajstić information content (AvgIpc) is 3.78. The van der Waals surface area contributed by atoms with Crippen LogP contribution in [0.4, 0.5) is 5.82 Å². The van der Waals surface area contributed by atoms with Gasteiger partial charge in [0.1, 0.15) is 11.9 Å². The number of nitrogens with zero attached hydrogens (tertiary/aromatic N) is 6. The van der Waals surface area contributed by atoms with Gasteiger partial charge in [-0.05, 0) is 62.1 Å². The molecule has 0 aromatic carbocycles. The molecule has 4 aliphatic rings. The van der Waals surface area contributed by atoms with Crippen molar-refractivity contribution in [1.29, 1.82) is 5.26 Å². The molecule has 2 saturated carbocycles. The minimum atomic E-state index is 0.0845. The van der Waals surface area contributed by atoms with Crippen LogP contribution in [0.5, 0.6) is 0 Å². The first-order valence-corrected chi connectivity index (χ1v) is 13.1. The van der Waals surface area contributed by atoms with Crippen LogP contribution in [0, 0.1) is 24.2 Å². The molecule has 8 nitrogen and oxygen atoms in total. The highest BCUT2D eigenvalue weighted by atomic mass is 16.5. The second-order valence-corrected chi connectivity index (χ2v) is 10.6. The summed E-state index contributed by atoms with van der Waals surface area (Å²) in [7, 11) is 0. The van der Waals surface area contributed by atoms with Gasteiger partial charge in [0.05, 0.1) is 41.7 Å². The molecule has 0 bridgehead atoms. The second kappa shape index (κ2) is 9.29. The first kappa shape index (κ1) is 23.1. The van der Waals surface area contributed by atoms with Crippen LogP contribution in [0.15, 0.2) is 18.8 Å². The standard InChI is InChI=1S/C28H32N6O2/c1-3-18-12-23(32-30-15-18)26-17(2)22(14-29)28(31-27(26)20-6-7-20)33-9-10-34(24(16-33)19-4-5-19)25(35)13-21-8-11-36-21/h3,12,15,19-21,24H,1,4-11,13,16H2,2H3. The molecule has 6 rings (SSSR count). The molecule has 2 aromatic rings. The molecule has 36 heavy (non-hydrogen) atoms. The van der Waals surface area contributed by atoms with Crippen molar-refractivity contribution in [1.82, 2.24) is 20.1 Å². The minimum absolute atomic E-state index is 0.0845. The third-order valence-corrected chi connectivity index (χ3v) is 8.10. The summed E-state index contributed by atoms with van der Waals surface area (Å²) >= 11 is 0. The van der Waals surface area contributed by atoms with E-state index in [-0.39, 0.29) is 18.1 Å². The highest BCUT2D eigenvalue weighted by Gasteiger charge is 2.42. The Hall–Kier alpha value is -3.31. The van der Waals surface area contributed by atoms with E-state index in [0.717, 1.165) is 79.2 Å². The number of ether oxygens (including phenoxy) is 1. The first-order chi connectivity index (χ1) is 17.6. The first-order valence-electron chi connectivity index (χ1n) is 13.1. The largest absolute Gasteiger partial charge is 0.377 e. The Kier molecular flexibility index (Phi) is 5.96. The van der Waals surface area contributed by atoms with E-state index < -0.39 is 0 Å². The Labute approximate surface area is 212 Å². The SMILES string of the molecule is C=Cc1cnnc(-c2c(C3CC3)nc(N3CCN(C(=O)CC4CCO4)C(C4CC4)C3)c(C#N)c2C)c1. The molecule has 2 unspecified atom stereocenters. The number of carbonyl (C=O) groups is 1.